The quantitative estimate of drug-likeness (QED) is 0.101. The molecule has 0 bridgehead atoms. The molecule has 1 atom stereocenters. The standard InChI is InChI=1S/C25H28O6.C17H18N2O6/c1-24(2)9-8-16-20(30-24)7-6-14(23(16)29-5)11-18(26)17-10-15-12-22(28)25(3,4)31-21(15)13-19(17)27;1-9-13(16(20)24-3)15(14(10(2)18-9)17(21)25-4)11-7-5-6-8-12(11)19(22)23/h6-10,13,22,27-28H,11-12H2,1-5H3;5-8,15,18H,1-4H3. The van der Waals surface area contributed by atoms with E-state index in [0.717, 1.165) is 5.56 Å². The number of nitro benzene ring substituents is 1. The molecule has 6 rings (SSSR count). The summed E-state index contributed by atoms with van der Waals surface area (Å²) in [5.41, 5.74) is 2.41. The molecule has 3 N–H and O–H groups in total. The molecular weight excluding hydrogens is 724 g/mol. The zero-order chi connectivity index (χ0) is 41.3. The number of hydrogen-bond donors (Lipinski definition) is 3. The maximum Gasteiger partial charge on any atom is 0.336 e. The molecule has 3 aromatic rings. The van der Waals surface area contributed by atoms with Crippen LogP contribution in [0.15, 0.2) is 77.1 Å². The molecule has 14 nitrogen and oxygen atoms in total. The lowest BCUT2D eigenvalue weighted by atomic mass is 9.79. The number of phenols is 1. The third kappa shape index (κ3) is 8.10. The van der Waals surface area contributed by atoms with Gasteiger partial charge in [0.2, 0.25) is 0 Å². The van der Waals surface area contributed by atoms with Gasteiger partial charge in [0.25, 0.3) is 5.69 Å². The summed E-state index contributed by atoms with van der Waals surface area (Å²) in [7, 11) is 3.98. The summed E-state index contributed by atoms with van der Waals surface area (Å²) < 4.78 is 27.1. The first-order valence-electron chi connectivity index (χ1n) is 17.8. The minimum Gasteiger partial charge on any atom is -0.507 e. The summed E-state index contributed by atoms with van der Waals surface area (Å²) in [4.78, 5) is 48.7. The number of Topliss-reactive ketones (excluding diaryl/α,β-unsaturated/α-hetero) is 1. The fourth-order valence-electron chi connectivity index (χ4n) is 6.98. The Bertz CT molecular complexity index is 2160. The number of benzene rings is 3. The summed E-state index contributed by atoms with van der Waals surface area (Å²) in [5, 5.41) is 35.2. The molecule has 296 valence electrons. The first-order valence-corrected chi connectivity index (χ1v) is 17.8. The molecule has 0 aromatic heterocycles. The van der Waals surface area contributed by atoms with E-state index in [2.05, 4.69) is 5.32 Å². The van der Waals surface area contributed by atoms with Crippen LogP contribution >= 0.6 is 0 Å². The number of carbonyl (C=O) groups is 3. The highest BCUT2D eigenvalue weighted by atomic mass is 16.6. The SMILES string of the molecule is COC(=O)C1=C(C)NC(C)=C(C(=O)OC)C1c1ccccc1[N+](=O)[O-].COc1c(CC(=O)c2cc3c(cc2O)OC(C)(C)C(O)C3)ccc2c1C=CC(C)(C)O2. The fourth-order valence-corrected chi connectivity index (χ4v) is 6.98. The third-order valence-electron chi connectivity index (χ3n) is 9.90. The average molecular weight is 771 g/mol. The smallest absolute Gasteiger partial charge is 0.336 e. The topological polar surface area (TPSA) is 193 Å². The van der Waals surface area contributed by atoms with Gasteiger partial charge in [-0.25, -0.2) is 9.59 Å². The first kappa shape index (κ1) is 41.0. The molecule has 56 heavy (non-hydrogen) atoms. The molecule has 3 aliphatic heterocycles. The number of aromatic hydroxyl groups is 1. The van der Waals surface area contributed by atoms with Crippen molar-refractivity contribution in [2.24, 2.45) is 0 Å². The molecule has 3 aliphatic rings. The van der Waals surface area contributed by atoms with E-state index in [4.69, 9.17) is 23.7 Å². The van der Waals surface area contributed by atoms with Crippen molar-refractivity contribution in [3.63, 3.8) is 0 Å². The number of allylic oxidation sites excluding steroid dienone is 2. The van der Waals surface area contributed by atoms with E-state index in [9.17, 15) is 34.7 Å². The number of nitro groups is 1. The summed E-state index contributed by atoms with van der Waals surface area (Å²) in [6.45, 7) is 10.8. The second-order valence-corrected chi connectivity index (χ2v) is 14.6. The molecule has 0 fully saturated rings. The number of nitrogens with one attached hydrogen (secondary N) is 1. The highest BCUT2D eigenvalue weighted by molar-refractivity contribution is 6.01. The van der Waals surface area contributed by atoms with Crippen LogP contribution in [0.5, 0.6) is 23.0 Å². The van der Waals surface area contributed by atoms with Crippen molar-refractivity contribution in [1.82, 2.24) is 5.32 Å². The van der Waals surface area contributed by atoms with Gasteiger partial charge in [-0.1, -0.05) is 24.3 Å². The molecule has 0 radical (unpaired) electrons. The zero-order valence-electron chi connectivity index (χ0n) is 32.8. The fraction of sp³-hybridized carbons (Fsp3) is 0.357. The Morgan fingerprint density at radius 3 is 2.14 bits per heavy atom. The average Bonchev–Trinajstić information content (AvgIpc) is 3.14. The number of nitrogens with zero attached hydrogens (tertiary/aromatic N) is 1. The van der Waals surface area contributed by atoms with Crippen molar-refractivity contribution in [3.05, 3.63) is 115 Å². The number of esters is 2. The highest BCUT2D eigenvalue weighted by Gasteiger charge is 2.41. The second-order valence-electron chi connectivity index (χ2n) is 14.6. The number of ketones is 1. The monoisotopic (exact) mass is 770 g/mol. The van der Waals surface area contributed by atoms with E-state index in [1.807, 2.05) is 38.1 Å². The van der Waals surface area contributed by atoms with Crippen molar-refractivity contribution < 1.29 is 53.2 Å². The zero-order valence-corrected chi connectivity index (χ0v) is 32.8. The van der Waals surface area contributed by atoms with E-state index in [0.29, 0.717) is 46.2 Å². The van der Waals surface area contributed by atoms with E-state index >= 15 is 0 Å². The molecule has 1 unspecified atom stereocenters. The van der Waals surface area contributed by atoms with Crippen LogP contribution in [0, 0.1) is 10.1 Å². The maximum absolute atomic E-state index is 13.1. The Morgan fingerprint density at radius 2 is 1.55 bits per heavy atom. The molecule has 3 aromatic carbocycles. The Kier molecular flexibility index (Phi) is 11.7. The third-order valence-corrected chi connectivity index (χ3v) is 9.90. The molecule has 0 aliphatic carbocycles. The Hall–Kier alpha value is -6.15. The van der Waals surface area contributed by atoms with Gasteiger partial charge in [-0.2, -0.15) is 0 Å². The van der Waals surface area contributed by atoms with Crippen LogP contribution < -0.4 is 19.5 Å². The van der Waals surface area contributed by atoms with Crippen LogP contribution in [0.25, 0.3) is 6.08 Å². The molecule has 0 saturated heterocycles. The minimum atomic E-state index is -0.970. The van der Waals surface area contributed by atoms with E-state index in [1.165, 1.54) is 38.5 Å². The van der Waals surface area contributed by atoms with Crippen LogP contribution in [-0.2, 0) is 31.9 Å². The van der Waals surface area contributed by atoms with Gasteiger partial charge in [-0.15, -0.1) is 0 Å². The molecule has 0 amide bonds. The largest absolute Gasteiger partial charge is 0.507 e. The lowest BCUT2D eigenvalue weighted by Crippen LogP contribution is -2.46. The predicted molar refractivity (Wildman–Crippen MR) is 206 cm³/mol. The number of fused-ring (bicyclic) bond motifs is 2. The van der Waals surface area contributed by atoms with Crippen LogP contribution in [0.1, 0.15) is 80.1 Å². The van der Waals surface area contributed by atoms with Crippen molar-refractivity contribution in [2.75, 3.05) is 21.3 Å². The second kappa shape index (κ2) is 15.9. The van der Waals surface area contributed by atoms with Crippen LogP contribution in [0.4, 0.5) is 5.69 Å². The highest BCUT2D eigenvalue weighted by Crippen LogP contribution is 2.43. The summed E-state index contributed by atoms with van der Waals surface area (Å²) in [6, 6.07) is 12.7. The van der Waals surface area contributed by atoms with Crippen molar-refractivity contribution in [1.29, 1.82) is 0 Å². The van der Waals surface area contributed by atoms with Gasteiger partial charge in [-0.3, -0.25) is 14.9 Å². The van der Waals surface area contributed by atoms with Crippen molar-refractivity contribution >= 4 is 29.5 Å². The summed E-state index contributed by atoms with van der Waals surface area (Å²) in [6.07, 6.45) is 3.59. The summed E-state index contributed by atoms with van der Waals surface area (Å²) >= 11 is 0. The lowest BCUT2D eigenvalue weighted by Gasteiger charge is -2.37. The predicted octanol–water partition coefficient (Wildman–Crippen LogP) is 6.26. The number of dihydropyridines is 1. The van der Waals surface area contributed by atoms with Gasteiger partial charge in [0.1, 0.15) is 34.2 Å². The van der Waals surface area contributed by atoms with Gasteiger partial charge in [0.05, 0.1) is 60.5 Å². The Labute approximate surface area is 324 Å². The number of methoxy groups -OCH3 is 3. The normalized spacial score (nSPS) is 17.8. The number of aliphatic hydroxyl groups is 1. The van der Waals surface area contributed by atoms with Gasteiger partial charge in [-0.05, 0) is 71.4 Å². The van der Waals surface area contributed by atoms with Gasteiger partial charge in [0.15, 0.2) is 5.78 Å². The van der Waals surface area contributed by atoms with Gasteiger partial charge >= 0.3 is 11.9 Å². The number of aliphatic hydroxyl groups excluding tert-OH is 1. The van der Waals surface area contributed by atoms with Gasteiger partial charge < -0.3 is 39.2 Å². The van der Waals surface area contributed by atoms with E-state index < -0.39 is 40.1 Å². The van der Waals surface area contributed by atoms with Crippen LogP contribution in [0.3, 0.4) is 0 Å². The van der Waals surface area contributed by atoms with Gasteiger partial charge in [0, 0.05) is 47.5 Å². The number of para-hydroxylation sites is 1. The number of carbonyl (C=O) groups excluding carboxylic acids is 3. The molecule has 3 heterocycles. The number of ether oxygens (including phenoxy) is 5. The van der Waals surface area contributed by atoms with Crippen molar-refractivity contribution in [2.45, 2.75) is 77.6 Å². The molecule has 0 saturated carbocycles. The van der Waals surface area contributed by atoms with Crippen LogP contribution in [0.2, 0.25) is 0 Å². The lowest BCUT2D eigenvalue weighted by molar-refractivity contribution is -0.385. The number of phenolic OH excluding ortho intramolecular Hbond substituents is 1. The molecular formula is C42H46N2O12. The van der Waals surface area contributed by atoms with Crippen LogP contribution in [-0.4, -0.2) is 71.5 Å². The maximum atomic E-state index is 13.1. The molecule has 0 spiro atoms. The Morgan fingerprint density at radius 1 is 0.929 bits per heavy atom. The molecule has 14 heteroatoms. The van der Waals surface area contributed by atoms with Crippen molar-refractivity contribution in [3.8, 4) is 23.0 Å². The number of rotatable bonds is 8. The van der Waals surface area contributed by atoms with E-state index in [-0.39, 0.29) is 45.9 Å². The minimum absolute atomic E-state index is 0.0505. The first-order chi connectivity index (χ1) is 26.3. The Balaban J connectivity index is 0.000000220. The number of hydrogen-bond acceptors (Lipinski definition) is 13. The summed E-state index contributed by atoms with van der Waals surface area (Å²) in [5.74, 6) is -0.953. The van der Waals surface area contributed by atoms with E-state index in [1.54, 1.807) is 46.9 Å².